The van der Waals surface area contributed by atoms with Gasteiger partial charge in [0.15, 0.2) is 0 Å². The normalized spacial score (nSPS) is 19.8. The molecule has 1 unspecified atom stereocenters. The van der Waals surface area contributed by atoms with E-state index in [4.69, 9.17) is 0 Å². The monoisotopic (exact) mass is 295 g/mol. The summed E-state index contributed by atoms with van der Waals surface area (Å²) in [4.78, 5) is 13.1. The van der Waals surface area contributed by atoms with Gasteiger partial charge in [0, 0.05) is 43.2 Å². The first-order valence-electron chi connectivity index (χ1n) is 6.95. The standard InChI is InChI=1S/C14H21N3O2S/c1-3-15-13-8-12(4-5-14(13)17(18)19)10-16-6-7-20-11(2)9-16/h4-5,8,11,15H,3,6-7,9-10H2,1-2H3. The third-order valence-electron chi connectivity index (χ3n) is 3.36. The molecule has 1 fully saturated rings. The first kappa shape index (κ1) is 15.1. The largest absolute Gasteiger partial charge is 0.380 e. The van der Waals surface area contributed by atoms with Gasteiger partial charge in [-0.25, -0.2) is 0 Å². The predicted octanol–water partition coefficient (Wildman–Crippen LogP) is 2.96. The fourth-order valence-electron chi connectivity index (χ4n) is 2.47. The number of nitrogens with one attached hydrogen (secondary N) is 1. The van der Waals surface area contributed by atoms with E-state index in [1.165, 1.54) is 0 Å². The number of thioether (sulfide) groups is 1. The molecule has 0 aliphatic carbocycles. The number of hydrogen-bond donors (Lipinski definition) is 1. The Labute approximate surface area is 123 Å². The molecule has 0 bridgehead atoms. The molecular formula is C14H21N3O2S. The fraction of sp³-hybridized carbons (Fsp3) is 0.571. The maximum Gasteiger partial charge on any atom is 0.292 e. The number of nitro groups is 1. The van der Waals surface area contributed by atoms with E-state index in [9.17, 15) is 10.1 Å². The summed E-state index contributed by atoms with van der Waals surface area (Å²) in [5, 5.41) is 14.7. The summed E-state index contributed by atoms with van der Waals surface area (Å²) in [6, 6.07) is 5.38. The summed E-state index contributed by atoms with van der Waals surface area (Å²) < 4.78 is 0. The Balaban J connectivity index is 2.11. The van der Waals surface area contributed by atoms with Crippen molar-refractivity contribution in [2.24, 2.45) is 0 Å². The lowest BCUT2D eigenvalue weighted by Crippen LogP contribution is -2.36. The van der Waals surface area contributed by atoms with Gasteiger partial charge < -0.3 is 5.32 Å². The van der Waals surface area contributed by atoms with Gasteiger partial charge in [-0.2, -0.15) is 11.8 Å². The van der Waals surface area contributed by atoms with Crippen molar-refractivity contribution in [3.8, 4) is 0 Å². The van der Waals surface area contributed by atoms with Crippen LogP contribution in [-0.4, -0.2) is 40.5 Å². The second kappa shape index (κ2) is 6.95. The summed E-state index contributed by atoms with van der Waals surface area (Å²) in [5.74, 6) is 1.16. The van der Waals surface area contributed by atoms with Crippen molar-refractivity contribution in [1.29, 1.82) is 0 Å². The Morgan fingerprint density at radius 2 is 2.35 bits per heavy atom. The van der Waals surface area contributed by atoms with Crippen LogP contribution in [0.3, 0.4) is 0 Å². The topological polar surface area (TPSA) is 58.4 Å². The molecular weight excluding hydrogens is 274 g/mol. The van der Waals surface area contributed by atoms with E-state index in [-0.39, 0.29) is 10.6 Å². The van der Waals surface area contributed by atoms with Gasteiger partial charge in [-0.05, 0) is 18.6 Å². The minimum absolute atomic E-state index is 0.151. The smallest absolute Gasteiger partial charge is 0.292 e. The molecule has 1 aliphatic heterocycles. The molecule has 6 heteroatoms. The second-order valence-corrected chi connectivity index (χ2v) is 6.60. The Morgan fingerprint density at radius 1 is 1.55 bits per heavy atom. The van der Waals surface area contributed by atoms with Crippen LogP contribution in [0.4, 0.5) is 11.4 Å². The quantitative estimate of drug-likeness (QED) is 0.668. The van der Waals surface area contributed by atoms with Crippen LogP contribution in [0.15, 0.2) is 18.2 Å². The fourth-order valence-corrected chi connectivity index (χ4v) is 3.55. The van der Waals surface area contributed by atoms with Gasteiger partial charge in [0.2, 0.25) is 0 Å². The molecule has 110 valence electrons. The van der Waals surface area contributed by atoms with Crippen molar-refractivity contribution in [3.05, 3.63) is 33.9 Å². The van der Waals surface area contributed by atoms with Crippen LogP contribution < -0.4 is 5.32 Å². The molecule has 1 saturated heterocycles. The number of rotatable bonds is 5. The van der Waals surface area contributed by atoms with Gasteiger partial charge in [-0.15, -0.1) is 0 Å². The van der Waals surface area contributed by atoms with Crippen LogP contribution in [0.1, 0.15) is 19.4 Å². The Kier molecular flexibility index (Phi) is 5.25. The molecule has 1 atom stereocenters. The summed E-state index contributed by atoms with van der Waals surface area (Å²) in [5.41, 5.74) is 1.90. The number of hydrogen-bond acceptors (Lipinski definition) is 5. The third-order valence-corrected chi connectivity index (χ3v) is 4.49. The molecule has 2 rings (SSSR count). The predicted molar refractivity (Wildman–Crippen MR) is 84.5 cm³/mol. The number of nitro benzene ring substituents is 1. The Hall–Kier alpha value is -1.27. The van der Waals surface area contributed by atoms with Crippen molar-refractivity contribution in [2.45, 2.75) is 25.6 Å². The van der Waals surface area contributed by atoms with Crippen molar-refractivity contribution < 1.29 is 4.92 Å². The first-order valence-corrected chi connectivity index (χ1v) is 8.00. The lowest BCUT2D eigenvalue weighted by Gasteiger charge is -2.30. The molecule has 0 spiro atoms. The molecule has 0 aromatic heterocycles. The van der Waals surface area contributed by atoms with Crippen molar-refractivity contribution in [2.75, 3.05) is 30.7 Å². The van der Waals surface area contributed by atoms with E-state index >= 15 is 0 Å². The van der Waals surface area contributed by atoms with Crippen LogP contribution in [0.2, 0.25) is 0 Å². The van der Waals surface area contributed by atoms with Gasteiger partial charge in [-0.3, -0.25) is 15.0 Å². The van der Waals surface area contributed by atoms with Gasteiger partial charge in [0.25, 0.3) is 5.69 Å². The zero-order valence-corrected chi connectivity index (χ0v) is 12.8. The zero-order valence-electron chi connectivity index (χ0n) is 12.0. The molecule has 1 heterocycles. The van der Waals surface area contributed by atoms with E-state index in [0.29, 0.717) is 17.5 Å². The lowest BCUT2D eigenvalue weighted by atomic mass is 10.1. The summed E-state index contributed by atoms with van der Waals surface area (Å²) in [6.45, 7) is 7.90. The van der Waals surface area contributed by atoms with Crippen LogP contribution in [0.5, 0.6) is 0 Å². The van der Waals surface area contributed by atoms with Crippen LogP contribution in [0, 0.1) is 10.1 Å². The number of nitrogens with zero attached hydrogens (tertiary/aromatic N) is 2. The highest BCUT2D eigenvalue weighted by Crippen LogP contribution is 2.27. The van der Waals surface area contributed by atoms with E-state index in [0.717, 1.165) is 31.0 Å². The van der Waals surface area contributed by atoms with E-state index in [1.807, 2.05) is 30.8 Å². The maximum atomic E-state index is 11.0. The molecule has 0 saturated carbocycles. The van der Waals surface area contributed by atoms with Crippen molar-refractivity contribution in [1.82, 2.24) is 4.90 Å². The molecule has 1 N–H and O–H groups in total. The van der Waals surface area contributed by atoms with E-state index < -0.39 is 0 Å². The second-order valence-electron chi connectivity index (χ2n) is 5.06. The minimum atomic E-state index is -0.332. The molecule has 5 nitrogen and oxygen atoms in total. The van der Waals surface area contributed by atoms with Crippen LogP contribution >= 0.6 is 11.8 Å². The van der Waals surface area contributed by atoms with Gasteiger partial charge in [0.1, 0.15) is 5.69 Å². The van der Waals surface area contributed by atoms with E-state index in [2.05, 4.69) is 17.1 Å². The molecule has 0 amide bonds. The van der Waals surface area contributed by atoms with E-state index in [1.54, 1.807) is 6.07 Å². The Bertz CT molecular complexity index is 481. The number of anilines is 1. The molecule has 0 radical (unpaired) electrons. The lowest BCUT2D eigenvalue weighted by molar-refractivity contribution is -0.384. The summed E-state index contributed by atoms with van der Waals surface area (Å²) >= 11 is 2.01. The van der Waals surface area contributed by atoms with Crippen molar-refractivity contribution >= 4 is 23.1 Å². The van der Waals surface area contributed by atoms with Crippen molar-refractivity contribution in [3.63, 3.8) is 0 Å². The van der Waals surface area contributed by atoms with Crippen LogP contribution in [-0.2, 0) is 6.54 Å². The van der Waals surface area contributed by atoms with Gasteiger partial charge in [0.05, 0.1) is 4.92 Å². The molecule has 1 aromatic carbocycles. The SMILES string of the molecule is CCNc1cc(CN2CCSC(C)C2)ccc1[N+](=O)[O-]. The third kappa shape index (κ3) is 3.86. The molecule has 1 aromatic rings. The molecule has 1 aliphatic rings. The van der Waals surface area contributed by atoms with Gasteiger partial charge >= 0.3 is 0 Å². The first-order chi connectivity index (χ1) is 9.60. The maximum absolute atomic E-state index is 11.0. The highest BCUT2D eigenvalue weighted by molar-refractivity contribution is 7.99. The highest BCUT2D eigenvalue weighted by Gasteiger charge is 2.18. The van der Waals surface area contributed by atoms with Crippen LogP contribution in [0.25, 0.3) is 0 Å². The average molecular weight is 295 g/mol. The Morgan fingerprint density at radius 3 is 3.00 bits per heavy atom. The minimum Gasteiger partial charge on any atom is -0.380 e. The number of benzene rings is 1. The summed E-state index contributed by atoms with van der Waals surface area (Å²) in [7, 11) is 0. The zero-order chi connectivity index (χ0) is 14.5. The highest BCUT2D eigenvalue weighted by atomic mass is 32.2. The van der Waals surface area contributed by atoms with Gasteiger partial charge in [-0.1, -0.05) is 13.0 Å². The molecule has 20 heavy (non-hydrogen) atoms. The average Bonchev–Trinajstić information content (AvgIpc) is 2.39. The summed E-state index contributed by atoms with van der Waals surface area (Å²) in [6.07, 6.45) is 0.